The summed E-state index contributed by atoms with van der Waals surface area (Å²) >= 11 is 0. The van der Waals surface area contributed by atoms with Gasteiger partial charge in [-0.1, -0.05) is 66.7 Å². The average Bonchev–Trinajstić information content (AvgIpc) is 2.92. The maximum absolute atomic E-state index is 13.7. The summed E-state index contributed by atoms with van der Waals surface area (Å²) in [5.74, 6) is 0.0438. The van der Waals surface area contributed by atoms with Crippen LogP contribution in [0.2, 0.25) is 0 Å². The molecule has 0 aromatic heterocycles. The van der Waals surface area contributed by atoms with E-state index in [9.17, 15) is 13.2 Å². The molecule has 0 atom stereocenters. The zero-order chi connectivity index (χ0) is 26.3. The molecule has 190 valence electrons. The molecular formula is C29H27NO6S. The Labute approximate surface area is 216 Å². The SMILES string of the molecule is COC(=O)c1cccc(OCc2ccccc2)c1NS(=O)(=O)c1ccc(OC)cc1Cc1ccccc1. The summed E-state index contributed by atoms with van der Waals surface area (Å²) < 4.78 is 46.3. The molecule has 0 aliphatic heterocycles. The molecule has 8 heteroatoms. The molecule has 4 aromatic carbocycles. The van der Waals surface area contributed by atoms with Crippen LogP contribution in [0.1, 0.15) is 27.0 Å². The van der Waals surface area contributed by atoms with E-state index in [2.05, 4.69) is 4.72 Å². The summed E-state index contributed by atoms with van der Waals surface area (Å²) in [6, 6.07) is 28.4. The number of hydrogen-bond acceptors (Lipinski definition) is 6. The van der Waals surface area contributed by atoms with E-state index in [0.717, 1.165) is 11.1 Å². The van der Waals surface area contributed by atoms with E-state index in [1.165, 1.54) is 26.4 Å². The van der Waals surface area contributed by atoms with E-state index in [0.29, 0.717) is 17.7 Å². The van der Waals surface area contributed by atoms with Gasteiger partial charge < -0.3 is 14.2 Å². The predicted octanol–water partition coefficient (Wildman–Crippen LogP) is 5.45. The molecule has 0 aliphatic rings. The molecule has 0 spiro atoms. The van der Waals surface area contributed by atoms with Crippen molar-refractivity contribution in [2.45, 2.75) is 17.9 Å². The van der Waals surface area contributed by atoms with Crippen LogP contribution < -0.4 is 14.2 Å². The number of sulfonamides is 1. The predicted molar refractivity (Wildman–Crippen MR) is 142 cm³/mol. The number of hydrogen-bond donors (Lipinski definition) is 1. The largest absolute Gasteiger partial charge is 0.497 e. The first-order chi connectivity index (χ1) is 17.9. The lowest BCUT2D eigenvalue weighted by molar-refractivity contribution is 0.0601. The van der Waals surface area contributed by atoms with Gasteiger partial charge in [-0.15, -0.1) is 0 Å². The van der Waals surface area contributed by atoms with Gasteiger partial charge in [-0.25, -0.2) is 13.2 Å². The number of ether oxygens (including phenoxy) is 3. The fourth-order valence-corrected chi connectivity index (χ4v) is 5.17. The molecule has 0 bridgehead atoms. The lowest BCUT2D eigenvalue weighted by Gasteiger charge is -2.18. The third-order valence-corrected chi connectivity index (χ3v) is 7.15. The molecule has 4 rings (SSSR count). The highest BCUT2D eigenvalue weighted by molar-refractivity contribution is 7.92. The highest BCUT2D eigenvalue weighted by atomic mass is 32.2. The van der Waals surface area contributed by atoms with Crippen molar-refractivity contribution in [3.63, 3.8) is 0 Å². The molecule has 0 saturated carbocycles. The minimum atomic E-state index is -4.15. The van der Waals surface area contributed by atoms with Crippen LogP contribution in [-0.2, 0) is 27.8 Å². The first-order valence-corrected chi connectivity index (χ1v) is 13.0. The van der Waals surface area contributed by atoms with Gasteiger partial charge >= 0.3 is 5.97 Å². The summed E-state index contributed by atoms with van der Waals surface area (Å²) in [7, 11) is -1.39. The molecule has 0 unspecified atom stereocenters. The van der Waals surface area contributed by atoms with Crippen molar-refractivity contribution in [3.8, 4) is 11.5 Å². The zero-order valence-electron chi connectivity index (χ0n) is 20.5. The maximum atomic E-state index is 13.7. The molecule has 1 N–H and O–H groups in total. The van der Waals surface area contributed by atoms with Gasteiger partial charge in [0, 0.05) is 0 Å². The normalized spacial score (nSPS) is 11.0. The molecule has 7 nitrogen and oxygen atoms in total. The number of nitrogens with one attached hydrogen (secondary N) is 1. The Kier molecular flexibility index (Phi) is 8.10. The third kappa shape index (κ3) is 6.29. The van der Waals surface area contributed by atoms with E-state index in [1.54, 1.807) is 24.3 Å². The number of carbonyl (C=O) groups is 1. The number of carbonyl (C=O) groups excluding carboxylic acids is 1. The van der Waals surface area contributed by atoms with Gasteiger partial charge in [-0.05, 0) is 53.4 Å². The minimum Gasteiger partial charge on any atom is -0.497 e. The number of esters is 1. The van der Waals surface area contributed by atoms with Crippen LogP contribution in [0.5, 0.6) is 11.5 Å². The number of para-hydroxylation sites is 1. The Balaban J connectivity index is 1.73. The van der Waals surface area contributed by atoms with E-state index in [1.807, 2.05) is 60.7 Å². The Morgan fingerprint density at radius 2 is 1.49 bits per heavy atom. The molecular weight excluding hydrogens is 490 g/mol. The average molecular weight is 518 g/mol. The first-order valence-electron chi connectivity index (χ1n) is 11.5. The van der Waals surface area contributed by atoms with E-state index in [4.69, 9.17) is 14.2 Å². The Hall–Kier alpha value is -4.30. The van der Waals surface area contributed by atoms with Crippen molar-refractivity contribution in [1.82, 2.24) is 0 Å². The highest BCUT2D eigenvalue weighted by Gasteiger charge is 2.25. The lowest BCUT2D eigenvalue weighted by atomic mass is 10.0. The molecule has 0 fully saturated rings. The molecule has 0 heterocycles. The maximum Gasteiger partial charge on any atom is 0.340 e. The Bertz CT molecular complexity index is 1470. The first kappa shape index (κ1) is 25.8. The summed E-state index contributed by atoms with van der Waals surface area (Å²) in [6.07, 6.45) is 0.365. The molecule has 37 heavy (non-hydrogen) atoms. The minimum absolute atomic E-state index is 0.00626. The number of benzene rings is 4. The molecule has 0 amide bonds. The zero-order valence-corrected chi connectivity index (χ0v) is 21.3. The van der Waals surface area contributed by atoms with Crippen molar-refractivity contribution in [2.75, 3.05) is 18.9 Å². The lowest BCUT2D eigenvalue weighted by Crippen LogP contribution is -2.19. The van der Waals surface area contributed by atoms with Crippen LogP contribution in [0, 0.1) is 0 Å². The topological polar surface area (TPSA) is 90.9 Å². The summed E-state index contributed by atoms with van der Waals surface area (Å²) in [6.45, 7) is 0.183. The van der Waals surface area contributed by atoms with Crippen LogP contribution in [-0.4, -0.2) is 28.6 Å². The van der Waals surface area contributed by atoms with Crippen molar-refractivity contribution < 1.29 is 27.4 Å². The van der Waals surface area contributed by atoms with E-state index >= 15 is 0 Å². The number of methoxy groups -OCH3 is 2. The van der Waals surface area contributed by atoms with Gasteiger partial charge in [0.2, 0.25) is 0 Å². The Morgan fingerprint density at radius 3 is 2.14 bits per heavy atom. The fourth-order valence-electron chi connectivity index (χ4n) is 3.86. The summed E-state index contributed by atoms with van der Waals surface area (Å²) in [4.78, 5) is 12.6. The molecule has 4 aromatic rings. The highest BCUT2D eigenvalue weighted by Crippen LogP contribution is 2.34. The smallest absolute Gasteiger partial charge is 0.340 e. The van der Waals surface area contributed by atoms with Crippen LogP contribution in [0.15, 0.2) is 102 Å². The van der Waals surface area contributed by atoms with Crippen molar-refractivity contribution >= 4 is 21.7 Å². The quantitative estimate of drug-likeness (QED) is 0.281. The number of anilines is 1. The van der Waals surface area contributed by atoms with Gasteiger partial charge in [0.25, 0.3) is 10.0 Å². The van der Waals surface area contributed by atoms with Gasteiger partial charge in [0.1, 0.15) is 23.8 Å². The fraction of sp³-hybridized carbons (Fsp3) is 0.138. The van der Waals surface area contributed by atoms with Gasteiger partial charge in [-0.2, -0.15) is 0 Å². The number of rotatable bonds is 10. The summed E-state index contributed by atoms with van der Waals surface area (Å²) in [5.41, 5.74) is 2.41. The third-order valence-electron chi connectivity index (χ3n) is 5.70. The molecule has 0 radical (unpaired) electrons. The van der Waals surface area contributed by atoms with Crippen LogP contribution in [0.25, 0.3) is 0 Å². The summed E-state index contributed by atoms with van der Waals surface area (Å²) in [5, 5.41) is 0. The van der Waals surface area contributed by atoms with Gasteiger partial charge in [-0.3, -0.25) is 4.72 Å². The van der Waals surface area contributed by atoms with Crippen LogP contribution in [0.4, 0.5) is 5.69 Å². The molecule has 0 saturated heterocycles. The monoisotopic (exact) mass is 517 g/mol. The van der Waals surface area contributed by atoms with Crippen molar-refractivity contribution in [1.29, 1.82) is 0 Å². The van der Waals surface area contributed by atoms with Crippen molar-refractivity contribution in [3.05, 3.63) is 119 Å². The van der Waals surface area contributed by atoms with E-state index in [-0.39, 0.29) is 28.5 Å². The van der Waals surface area contributed by atoms with E-state index < -0.39 is 16.0 Å². The van der Waals surface area contributed by atoms with Crippen molar-refractivity contribution in [2.24, 2.45) is 0 Å². The van der Waals surface area contributed by atoms with Crippen LogP contribution in [0.3, 0.4) is 0 Å². The molecule has 0 aliphatic carbocycles. The second kappa shape index (κ2) is 11.6. The second-order valence-corrected chi connectivity index (χ2v) is 9.84. The van der Waals surface area contributed by atoms with Crippen LogP contribution >= 0.6 is 0 Å². The van der Waals surface area contributed by atoms with Gasteiger partial charge in [0.05, 0.1) is 24.7 Å². The Morgan fingerprint density at radius 1 is 0.811 bits per heavy atom. The van der Waals surface area contributed by atoms with Gasteiger partial charge in [0.15, 0.2) is 0 Å². The second-order valence-electron chi connectivity index (χ2n) is 8.19. The standard InChI is InChI=1S/C29H27NO6S/c1-34-24-16-17-27(23(19-24)18-21-10-5-3-6-11-21)37(32,33)30-28-25(29(31)35-2)14-9-15-26(28)36-20-22-12-7-4-8-13-22/h3-17,19,30H,18,20H2,1-2H3.